The molecule has 1 aromatic rings. The van der Waals surface area contributed by atoms with E-state index in [1.165, 1.54) is 0 Å². The summed E-state index contributed by atoms with van der Waals surface area (Å²) in [5.74, 6) is -1.20. The quantitative estimate of drug-likeness (QED) is 0.717. The minimum absolute atomic E-state index is 0.0874. The molecule has 2 rings (SSSR count). The van der Waals surface area contributed by atoms with Gasteiger partial charge in [-0.25, -0.2) is 0 Å². The van der Waals surface area contributed by atoms with Crippen LogP contribution in [0.15, 0.2) is 28.7 Å². The van der Waals surface area contributed by atoms with Gasteiger partial charge in [0, 0.05) is 16.2 Å². The van der Waals surface area contributed by atoms with Crippen LogP contribution >= 0.6 is 15.9 Å². The first-order valence-corrected chi connectivity index (χ1v) is 7.02. The molecule has 6 heteroatoms. The Balaban J connectivity index is 1.84. The SMILES string of the molecule is O=C(Nc1ccc(Br)cc1)C(=O)NC1CCNCC1. The summed E-state index contributed by atoms with van der Waals surface area (Å²) in [6.45, 7) is 1.75. The molecule has 1 saturated heterocycles. The first kappa shape index (κ1) is 14.0. The third kappa shape index (κ3) is 4.33. The maximum atomic E-state index is 11.7. The van der Waals surface area contributed by atoms with Crippen LogP contribution in [0.3, 0.4) is 0 Å². The van der Waals surface area contributed by atoms with Gasteiger partial charge in [0.2, 0.25) is 0 Å². The van der Waals surface area contributed by atoms with Gasteiger partial charge in [0.25, 0.3) is 0 Å². The zero-order valence-electron chi connectivity index (χ0n) is 10.4. The van der Waals surface area contributed by atoms with E-state index in [0.717, 1.165) is 30.4 Å². The number of hydrogen-bond acceptors (Lipinski definition) is 3. The van der Waals surface area contributed by atoms with Crippen LogP contribution in [0.2, 0.25) is 0 Å². The van der Waals surface area contributed by atoms with Gasteiger partial charge in [0.15, 0.2) is 0 Å². The number of nitrogens with one attached hydrogen (secondary N) is 3. The standard InChI is InChI=1S/C13H16BrN3O2/c14-9-1-3-10(4-2-9)16-12(18)13(19)17-11-5-7-15-8-6-11/h1-4,11,15H,5-8H2,(H,16,18)(H,17,19). The Kier molecular flexibility index (Phi) is 4.93. The molecule has 0 atom stereocenters. The van der Waals surface area contributed by atoms with E-state index in [2.05, 4.69) is 31.9 Å². The lowest BCUT2D eigenvalue weighted by Crippen LogP contribution is -2.46. The summed E-state index contributed by atoms with van der Waals surface area (Å²) in [6.07, 6.45) is 1.72. The van der Waals surface area contributed by atoms with Gasteiger partial charge >= 0.3 is 11.8 Å². The molecule has 0 unspecified atom stereocenters. The second kappa shape index (κ2) is 6.68. The minimum Gasteiger partial charge on any atom is -0.345 e. The normalized spacial score (nSPS) is 15.8. The molecule has 0 aromatic heterocycles. The molecule has 1 aliphatic rings. The summed E-state index contributed by atoms with van der Waals surface area (Å²) in [6, 6.07) is 7.17. The molecule has 5 nitrogen and oxygen atoms in total. The molecule has 0 bridgehead atoms. The van der Waals surface area contributed by atoms with Crippen LogP contribution in [-0.2, 0) is 9.59 Å². The second-order valence-corrected chi connectivity index (χ2v) is 5.37. The Hall–Kier alpha value is -1.40. The first-order chi connectivity index (χ1) is 9.15. The summed E-state index contributed by atoms with van der Waals surface area (Å²) < 4.78 is 0.921. The van der Waals surface area contributed by atoms with Gasteiger partial charge in [-0.1, -0.05) is 15.9 Å². The van der Waals surface area contributed by atoms with Crippen LogP contribution < -0.4 is 16.0 Å². The van der Waals surface area contributed by atoms with Crippen molar-refractivity contribution in [2.75, 3.05) is 18.4 Å². The lowest BCUT2D eigenvalue weighted by atomic mass is 10.1. The predicted octanol–water partition coefficient (Wildman–Crippen LogP) is 1.26. The van der Waals surface area contributed by atoms with Gasteiger partial charge in [-0.05, 0) is 50.2 Å². The van der Waals surface area contributed by atoms with Gasteiger partial charge in [0.1, 0.15) is 0 Å². The molecule has 102 valence electrons. The fourth-order valence-electron chi connectivity index (χ4n) is 1.94. The molecule has 1 aromatic carbocycles. The maximum absolute atomic E-state index is 11.7. The molecular formula is C13H16BrN3O2. The van der Waals surface area contributed by atoms with Crippen LogP contribution in [0, 0.1) is 0 Å². The van der Waals surface area contributed by atoms with Gasteiger partial charge in [-0.15, -0.1) is 0 Å². The lowest BCUT2D eigenvalue weighted by Gasteiger charge is -2.23. The van der Waals surface area contributed by atoms with Crippen LogP contribution in [-0.4, -0.2) is 30.9 Å². The van der Waals surface area contributed by atoms with Crippen molar-refractivity contribution in [2.45, 2.75) is 18.9 Å². The van der Waals surface area contributed by atoms with Crippen molar-refractivity contribution in [1.29, 1.82) is 0 Å². The summed E-state index contributed by atoms with van der Waals surface area (Å²) in [5.41, 5.74) is 0.605. The van der Waals surface area contributed by atoms with E-state index in [0.29, 0.717) is 5.69 Å². The largest absolute Gasteiger partial charge is 0.345 e. The number of halogens is 1. The number of carbonyl (C=O) groups excluding carboxylic acids is 2. The van der Waals surface area contributed by atoms with Crippen molar-refractivity contribution < 1.29 is 9.59 Å². The summed E-state index contributed by atoms with van der Waals surface area (Å²) >= 11 is 3.31. The highest BCUT2D eigenvalue weighted by molar-refractivity contribution is 9.10. The molecule has 0 spiro atoms. The van der Waals surface area contributed by atoms with E-state index in [9.17, 15) is 9.59 Å². The van der Waals surface area contributed by atoms with Crippen molar-refractivity contribution in [1.82, 2.24) is 10.6 Å². The minimum atomic E-state index is -0.624. The molecule has 1 aliphatic heterocycles. The third-order valence-corrected chi connectivity index (χ3v) is 3.51. The van der Waals surface area contributed by atoms with E-state index in [-0.39, 0.29) is 6.04 Å². The Morgan fingerprint density at radius 1 is 1.11 bits per heavy atom. The average molecular weight is 326 g/mol. The third-order valence-electron chi connectivity index (χ3n) is 2.98. The van der Waals surface area contributed by atoms with Gasteiger partial charge < -0.3 is 16.0 Å². The van der Waals surface area contributed by atoms with E-state index < -0.39 is 11.8 Å². The van der Waals surface area contributed by atoms with Crippen LogP contribution in [0.4, 0.5) is 5.69 Å². The second-order valence-electron chi connectivity index (χ2n) is 4.46. The number of hydrogen-bond donors (Lipinski definition) is 3. The monoisotopic (exact) mass is 325 g/mol. The number of anilines is 1. The summed E-state index contributed by atoms with van der Waals surface area (Å²) in [4.78, 5) is 23.5. The highest BCUT2D eigenvalue weighted by atomic mass is 79.9. The van der Waals surface area contributed by atoms with Crippen molar-refractivity contribution in [3.05, 3.63) is 28.7 Å². The zero-order chi connectivity index (χ0) is 13.7. The Bertz CT molecular complexity index is 455. The van der Waals surface area contributed by atoms with Gasteiger partial charge in [-0.3, -0.25) is 9.59 Å². The number of piperidine rings is 1. The average Bonchev–Trinajstić information content (AvgIpc) is 2.42. The van der Waals surface area contributed by atoms with E-state index >= 15 is 0 Å². The molecule has 1 fully saturated rings. The maximum Gasteiger partial charge on any atom is 0.313 e. The summed E-state index contributed by atoms with van der Waals surface area (Å²) in [5, 5.41) is 8.53. The molecule has 0 radical (unpaired) electrons. The van der Waals surface area contributed by atoms with Crippen molar-refractivity contribution in [3.8, 4) is 0 Å². The Morgan fingerprint density at radius 3 is 2.37 bits per heavy atom. The van der Waals surface area contributed by atoms with E-state index in [1.807, 2.05) is 0 Å². The molecule has 1 heterocycles. The molecule has 3 N–H and O–H groups in total. The number of rotatable bonds is 2. The van der Waals surface area contributed by atoms with E-state index in [1.54, 1.807) is 24.3 Å². The molecule has 0 aliphatic carbocycles. The molecule has 0 saturated carbocycles. The smallest absolute Gasteiger partial charge is 0.313 e. The molecule has 2 amide bonds. The van der Waals surface area contributed by atoms with Gasteiger partial charge in [-0.2, -0.15) is 0 Å². The van der Waals surface area contributed by atoms with Crippen molar-refractivity contribution in [3.63, 3.8) is 0 Å². The van der Waals surface area contributed by atoms with Gasteiger partial charge in [0.05, 0.1) is 0 Å². The van der Waals surface area contributed by atoms with Crippen molar-refractivity contribution >= 4 is 33.4 Å². The number of amides is 2. The number of benzene rings is 1. The highest BCUT2D eigenvalue weighted by Gasteiger charge is 2.20. The fraction of sp³-hybridized carbons (Fsp3) is 0.385. The van der Waals surface area contributed by atoms with Crippen LogP contribution in [0.1, 0.15) is 12.8 Å². The van der Waals surface area contributed by atoms with Crippen molar-refractivity contribution in [2.24, 2.45) is 0 Å². The molecule has 19 heavy (non-hydrogen) atoms. The highest BCUT2D eigenvalue weighted by Crippen LogP contribution is 2.14. The van der Waals surface area contributed by atoms with Crippen LogP contribution in [0.5, 0.6) is 0 Å². The first-order valence-electron chi connectivity index (χ1n) is 6.23. The predicted molar refractivity (Wildman–Crippen MR) is 76.8 cm³/mol. The Morgan fingerprint density at radius 2 is 1.74 bits per heavy atom. The number of carbonyl (C=O) groups is 2. The molecular weight excluding hydrogens is 310 g/mol. The topological polar surface area (TPSA) is 70.2 Å². The zero-order valence-corrected chi connectivity index (χ0v) is 12.0. The summed E-state index contributed by atoms with van der Waals surface area (Å²) in [7, 11) is 0. The Labute approximate surface area is 120 Å². The van der Waals surface area contributed by atoms with E-state index in [4.69, 9.17) is 0 Å². The lowest BCUT2D eigenvalue weighted by molar-refractivity contribution is -0.136. The fourth-order valence-corrected chi connectivity index (χ4v) is 2.20. The van der Waals surface area contributed by atoms with Crippen LogP contribution in [0.25, 0.3) is 0 Å².